The third-order valence-electron chi connectivity index (χ3n) is 5.61. The molecule has 0 atom stereocenters. The monoisotopic (exact) mass is 358 g/mol. The molecule has 140 valence electrons. The van der Waals surface area contributed by atoms with E-state index in [4.69, 9.17) is 14.3 Å². The van der Waals surface area contributed by atoms with Crippen molar-refractivity contribution < 1.29 is 13.9 Å². The van der Waals surface area contributed by atoms with Gasteiger partial charge in [0.1, 0.15) is 17.7 Å². The van der Waals surface area contributed by atoms with Crippen molar-refractivity contribution >= 4 is 5.91 Å². The van der Waals surface area contributed by atoms with E-state index in [0.717, 1.165) is 29.9 Å². The van der Waals surface area contributed by atoms with Gasteiger partial charge in [-0.3, -0.25) is 9.48 Å². The normalized spacial score (nSPS) is 17.7. The summed E-state index contributed by atoms with van der Waals surface area (Å²) in [6.07, 6.45) is 9.47. The van der Waals surface area contributed by atoms with Gasteiger partial charge in [-0.15, -0.1) is 0 Å². The highest BCUT2D eigenvalue weighted by Crippen LogP contribution is 2.32. The van der Waals surface area contributed by atoms with Crippen LogP contribution in [-0.2, 0) is 29.0 Å². The summed E-state index contributed by atoms with van der Waals surface area (Å²) in [5.41, 5.74) is 3.83. The summed E-state index contributed by atoms with van der Waals surface area (Å²) in [5, 5.41) is 4.75. The molecule has 2 aliphatic rings. The summed E-state index contributed by atoms with van der Waals surface area (Å²) in [5.74, 6) is 0.849. The number of aromatic nitrogens is 3. The van der Waals surface area contributed by atoms with Crippen LogP contribution in [-0.4, -0.2) is 45.8 Å². The smallest absolute Gasteiger partial charge is 0.223 e. The third kappa shape index (κ3) is 3.40. The largest absolute Gasteiger partial charge is 0.451 e. The van der Waals surface area contributed by atoms with Gasteiger partial charge in [0.05, 0.1) is 13.2 Å². The van der Waals surface area contributed by atoms with Crippen molar-refractivity contribution in [3.63, 3.8) is 0 Å². The average molecular weight is 358 g/mol. The first-order chi connectivity index (χ1) is 12.8. The molecule has 26 heavy (non-hydrogen) atoms. The number of hydrogen-bond donors (Lipinski definition) is 0. The number of carbonyl (C=O) groups excluding carboxylic acids is 1. The lowest BCUT2D eigenvalue weighted by atomic mass is 10.00. The van der Waals surface area contributed by atoms with Crippen molar-refractivity contribution in [3.8, 4) is 11.4 Å². The maximum absolute atomic E-state index is 12.8. The van der Waals surface area contributed by atoms with Gasteiger partial charge in [-0.1, -0.05) is 12.8 Å². The van der Waals surface area contributed by atoms with Crippen molar-refractivity contribution in [1.82, 2.24) is 19.7 Å². The number of ether oxygens (including phenoxy) is 1. The number of carbonyl (C=O) groups is 1. The SMILES string of the molecule is COCCn1nc(-c2cocn2)c2c1CCN(C(=O)CC1CCCC1)C2. The highest BCUT2D eigenvalue weighted by molar-refractivity contribution is 5.77. The van der Waals surface area contributed by atoms with Crippen LogP contribution >= 0.6 is 0 Å². The molecule has 0 unspecified atom stereocenters. The first-order valence-corrected chi connectivity index (χ1v) is 9.50. The summed E-state index contributed by atoms with van der Waals surface area (Å²) in [6.45, 7) is 2.68. The van der Waals surface area contributed by atoms with E-state index < -0.39 is 0 Å². The lowest BCUT2D eigenvalue weighted by Gasteiger charge is -2.29. The quantitative estimate of drug-likeness (QED) is 0.794. The van der Waals surface area contributed by atoms with E-state index in [0.29, 0.717) is 32.0 Å². The van der Waals surface area contributed by atoms with Crippen molar-refractivity contribution in [2.75, 3.05) is 20.3 Å². The van der Waals surface area contributed by atoms with E-state index in [1.54, 1.807) is 13.4 Å². The van der Waals surface area contributed by atoms with Crippen LogP contribution in [0, 0.1) is 5.92 Å². The lowest BCUT2D eigenvalue weighted by Crippen LogP contribution is -2.37. The Bertz CT molecular complexity index is 747. The number of rotatable bonds is 6. The molecule has 0 aromatic carbocycles. The Morgan fingerprint density at radius 3 is 2.96 bits per heavy atom. The molecule has 2 aromatic heterocycles. The Kier molecular flexibility index (Phi) is 5.06. The van der Waals surface area contributed by atoms with Crippen LogP contribution in [0.15, 0.2) is 17.1 Å². The minimum atomic E-state index is 0.276. The zero-order valence-corrected chi connectivity index (χ0v) is 15.3. The van der Waals surface area contributed by atoms with Crippen LogP contribution in [0.5, 0.6) is 0 Å². The molecule has 0 saturated heterocycles. The fourth-order valence-electron chi connectivity index (χ4n) is 4.19. The summed E-state index contributed by atoms with van der Waals surface area (Å²) in [4.78, 5) is 19.0. The van der Waals surface area contributed by atoms with E-state index >= 15 is 0 Å². The van der Waals surface area contributed by atoms with Gasteiger partial charge < -0.3 is 14.1 Å². The highest BCUT2D eigenvalue weighted by atomic mass is 16.5. The standard InChI is InChI=1S/C19H26N4O3/c1-25-9-8-23-17-6-7-22(18(24)10-14-4-2-3-5-14)11-15(17)19(21-23)16-12-26-13-20-16/h12-14H,2-11H2,1H3. The summed E-state index contributed by atoms with van der Waals surface area (Å²) in [6, 6.07) is 0. The topological polar surface area (TPSA) is 73.4 Å². The van der Waals surface area contributed by atoms with E-state index in [1.165, 1.54) is 37.8 Å². The van der Waals surface area contributed by atoms with Crippen molar-refractivity contribution in [2.24, 2.45) is 5.92 Å². The number of oxazole rings is 1. The van der Waals surface area contributed by atoms with Crippen molar-refractivity contribution in [3.05, 3.63) is 23.9 Å². The molecule has 1 fully saturated rings. The van der Waals surface area contributed by atoms with Gasteiger partial charge >= 0.3 is 0 Å². The third-order valence-corrected chi connectivity index (χ3v) is 5.61. The van der Waals surface area contributed by atoms with Gasteiger partial charge in [-0.05, 0) is 18.8 Å². The molecule has 0 bridgehead atoms. The Hall–Kier alpha value is -2.15. The molecule has 3 heterocycles. The molecule has 7 nitrogen and oxygen atoms in total. The van der Waals surface area contributed by atoms with Gasteiger partial charge in [-0.25, -0.2) is 4.98 Å². The molecule has 0 N–H and O–H groups in total. The Balaban J connectivity index is 1.56. The van der Waals surface area contributed by atoms with Gasteiger partial charge in [0.25, 0.3) is 0 Å². The van der Waals surface area contributed by atoms with Crippen LogP contribution in [0.4, 0.5) is 0 Å². The molecule has 1 saturated carbocycles. The van der Waals surface area contributed by atoms with Gasteiger partial charge in [0.2, 0.25) is 5.91 Å². The molecule has 1 aliphatic carbocycles. The fraction of sp³-hybridized carbons (Fsp3) is 0.632. The molecule has 0 radical (unpaired) electrons. The second-order valence-corrected chi connectivity index (χ2v) is 7.28. The number of hydrogen-bond acceptors (Lipinski definition) is 5. The second-order valence-electron chi connectivity index (χ2n) is 7.28. The van der Waals surface area contributed by atoms with Crippen LogP contribution in [0.3, 0.4) is 0 Å². The molecule has 2 aromatic rings. The molecule has 4 rings (SSSR count). The van der Waals surface area contributed by atoms with Crippen LogP contribution < -0.4 is 0 Å². The maximum atomic E-state index is 12.8. The van der Waals surface area contributed by atoms with E-state index in [9.17, 15) is 4.79 Å². The summed E-state index contributed by atoms with van der Waals surface area (Å²) >= 11 is 0. The van der Waals surface area contributed by atoms with E-state index in [1.807, 2.05) is 9.58 Å². The van der Waals surface area contributed by atoms with Crippen LogP contribution in [0.1, 0.15) is 43.4 Å². The van der Waals surface area contributed by atoms with Crippen molar-refractivity contribution in [1.29, 1.82) is 0 Å². The Morgan fingerprint density at radius 1 is 1.38 bits per heavy atom. The Morgan fingerprint density at radius 2 is 2.23 bits per heavy atom. The van der Waals surface area contributed by atoms with Crippen LogP contribution in [0.2, 0.25) is 0 Å². The molecular formula is C19H26N4O3. The van der Waals surface area contributed by atoms with E-state index in [2.05, 4.69) is 4.98 Å². The number of nitrogens with zero attached hydrogens (tertiary/aromatic N) is 4. The number of fused-ring (bicyclic) bond motifs is 1. The minimum Gasteiger partial charge on any atom is -0.451 e. The van der Waals surface area contributed by atoms with Crippen LogP contribution in [0.25, 0.3) is 11.4 Å². The number of amides is 1. The van der Waals surface area contributed by atoms with Gasteiger partial charge in [0, 0.05) is 44.3 Å². The maximum Gasteiger partial charge on any atom is 0.223 e. The molecule has 0 spiro atoms. The first kappa shape index (κ1) is 17.3. The number of methoxy groups -OCH3 is 1. The predicted octanol–water partition coefficient (Wildman–Crippen LogP) is 2.65. The second kappa shape index (κ2) is 7.61. The lowest BCUT2D eigenvalue weighted by molar-refractivity contribution is -0.133. The van der Waals surface area contributed by atoms with Gasteiger partial charge in [-0.2, -0.15) is 5.10 Å². The zero-order chi connectivity index (χ0) is 17.9. The van der Waals surface area contributed by atoms with Crippen molar-refractivity contribution in [2.45, 2.75) is 51.6 Å². The molecule has 7 heteroatoms. The Labute approximate surface area is 153 Å². The summed E-state index contributed by atoms with van der Waals surface area (Å²) in [7, 11) is 1.69. The first-order valence-electron chi connectivity index (χ1n) is 9.50. The molecule has 1 amide bonds. The molecule has 1 aliphatic heterocycles. The predicted molar refractivity (Wildman–Crippen MR) is 95.3 cm³/mol. The fourth-order valence-corrected chi connectivity index (χ4v) is 4.19. The summed E-state index contributed by atoms with van der Waals surface area (Å²) < 4.78 is 12.4. The molecular weight excluding hydrogens is 332 g/mol. The zero-order valence-electron chi connectivity index (χ0n) is 15.3. The van der Waals surface area contributed by atoms with E-state index in [-0.39, 0.29) is 5.91 Å². The average Bonchev–Trinajstić information content (AvgIpc) is 3.40. The minimum absolute atomic E-state index is 0.276. The highest BCUT2D eigenvalue weighted by Gasteiger charge is 2.30. The van der Waals surface area contributed by atoms with Gasteiger partial charge in [0.15, 0.2) is 6.39 Å².